The van der Waals surface area contributed by atoms with E-state index >= 15 is 0 Å². The third-order valence-corrected chi connectivity index (χ3v) is 2.41. The molecular weight excluding hydrogens is 277 g/mol. The van der Waals surface area contributed by atoms with Gasteiger partial charge in [-0.3, -0.25) is 9.59 Å². The van der Waals surface area contributed by atoms with Crippen LogP contribution in [-0.2, 0) is 14.3 Å². The lowest BCUT2D eigenvalue weighted by atomic mass is 10.2. The number of methoxy groups -OCH3 is 1. The molecule has 0 saturated heterocycles. The van der Waals surface area contributed by atoms with E-state index in [4.69, 9.17) is 9.47 Å². The Morgan fingerprint density at radius 1 is 1.24 bits per heavy atom. The number of ether oxygens (including phenoxy) is 2. The molecule has 1 aromatic rings. The van der Waals surface area contributed by atoms with Gasteiger partial charge in [0.15, 0.2) is 11.6 Å². The zero-order valence-corrected chi connectivity index (χ0v) is 12.7. The molecule has 1 N–H and O–H groups in total. The second kappa shape index (κ2) is 7.06. The van der Waals surface area contributed by atoms with Crippen LogP contribution >= 0.6 is 0 Å². The Morgan fingerprint density at radius 2 is 1.90 bits per heavy atom. The summed E-state index contributed by atoms with van der Waals surface area (Å²) in [5.74, 6) is -1.26. The Hall–Kier alpha value is -2.11. The molecular formula is C15H20FNO4. The summed E-state index contributed by atoms with van der Waals surface area (Å²) in [4.78, 5) is 23.2. The molecule has 0 aliphatic rings. The van der Waals surface area contributed by atoms with E-state index in [2.05, 4.69) is 5.32 Å². The first kappa shape index (κ1) is 16.9. The molecule has 0 atom stereocenters. The van der Waals surface area contributed by atoms with Gasteiger partial charge in [0.25, 0.3) is 0 Å². The number of benzene rings is 1. The van der Waals surface area contributed by atoms with Gasteiger partial charge in [-0.05, 0) is 32.9 Å². The first-order chi connectivity index (χ1) is 9.71. The van der Waals surface area contributed by atoms with Crippen molar-refractivity contribution < 1.29 is 23.5 Å². The van der Waals surface area contributed by atoms with E-state index in [1.165, 1.54) is 25.3 Å². The van der Waals surface area contributed by atoms with Crippen LogP contribution in [0.3, 0.4) is 0 Å². The molecule has 0 unspecified atom stereocenters. The molecule has 116 valence electrons. The molecule has 0 heterocycles. The molecule has 21 heavy (non-hydrogen) atoms. The maximum Gasteiger partial charge on any atom is 0.306 e. The number of esters is 1. The van der Waals surface area contributed by atoms with Crippen molar-refractivity contribution in [1.82, 2.24) is 0 Å². The lowest BCUT2D eigenvalue weighted by molar-refractivity contribution is -0.155. The fraction of sp³-hybridized carbons (Fsp3) is 0.467. The van der Waals surface area contributed by atoms with Crippen LogP contribution in [0.25, 0.3) is 0 Å². The second-order valence-corrected chi connectivity index (χ2v) is 5.48. The Bertz CT molecular complexity index is 523. The Balaban J connectivity index is 2.49. The minimum Gasteiger partial charge on any atom is -0.494 e. The van der Waals surface area contributed by atoms with Crippen molar-refractivity contribution in [2.75, 3.05) is 12.4 Å². The normalized spacial score (nSPS) is 10.9. The first-order valence-electron chi connectivity index (χ1n) is 6.56. The summed E-state index contributed by atoms with van der Waals surface area (Å²) < 4.78 is 23.1. The van der Waals surface area contributed by atoms with Crippen LogP contribution in [0, 0.1) is 5.82 Å². The molecule has 0 aliphatic carbocycles. The van der Waals surface area contributed by atoms with E-state index in [9.17, 15) is 14.0 Å². The van der Waals surface area contributed by atoms with Crippen molar-refractivity contribution in [1.29, 1.82) is 0 Å². The van der Waals surface area contributed by atoms with Gasteiger partial charge in [-0.2, -0.15) is 0 Å². The molecule has 5 nitrogen and oxygen atoms in total. The summed E-state index contributed by atoms with van der Waals surface area (Å²) in [6, 6.07) is 3.99. The number of nitrogens with one attached hydrogen (secondary N) is 1. The standard InChI is InChI=1S/C15H20FNO4/c1-15(2,3)21-14(19)8-7-13(18)17-10-5-6-11(16)12(9-10)20-4/h5-6,9H,7-8H2,1-4H3,(H,17,18). The summed E-state index contributed by atoms with van der Waals surface area (Å²) >= 11 is 0. The number of hydrogen-bond acceptors (Lipinski definition) is 4. The number of hydrogen-bond donors (Lipinski definition) is 1. The van der Waals surface area contributed by atoms with Crippen LogP contribution in [0.4, 0.5) is 10.1 Å². The van der Waals surface area contributed by atoms with Crippen LogP contribution in [0.15, 0.2) is 18.2 Å². The molecule has 0 radical (unpaired) electrons. The molecule has 0 aliphatic heterocycles. The van der Waals surface area contributed by atoms with E-state index in [-0.39, 0.29) is 24.5 Å². The van der Waals surface area contributed by atoms with Gasteiger partial charge in [0.1, 0.15) is 5.60 Å². The van der Waals surface area contributed by atoms with Gasteiger partial charge >= 0.3 is 5.97 Å². The molecule has 0 saturated carbocycles. The number of anilines is 1. The Morgan fingerprint density at radius 3 is 2.48 bits per heavy atom. The highest BCUT2D eigenvalue weighted by atomic mass is 19.1. The highest BCUT2D eigenvalue weighted by molar-refractivity contribution is 5.92. The topological polar surface area (TPSA) is 64.6 Å². The molecule has 0 spiro atoms. The fourth-order valence-electron chi connectivity index (χ4n) is 1.57. The van der Waals surface area contributed by atoms with Gasteiger partial charge in [0.05, 0.1) is 13.5 Å². The van der Waals surface area contributed by atoms with E-state index in [1.807, 2.05) is 0 Å². The average molecular weight is 297 g/mol. The van der Waals surface area contributed by atoms with Crippen molar-refractivity contribution in [3.8, 4) is 5.75 Å². The lowest BCUT2D eigenvalue weighted by Gasteiger charge is -2.19. The molecule has 1 aromatic carbocycles. The highest BCUT2D eigenvalue weighted by Crippen LogP contribution is 2.21. The predicted molar refractivity (Wildman–Crippen MR) is 76.7 cm³/mol. The number of rotatable bonds is 5. The molecule has 0 bridgehead atoms. The summed E-state index contributed by atoms with van der Waals surface area (Å²) in [6.07, 6.45) is -0.0178. The van der Waals surface area contributed by atoms with Crippen LogP contribution in [0.1, 0.15) is 33.6 Å². The first-order valence-corrected chi connectivity index (χ1v) is 6.56. The molecule has 1 amide bonds. The summed E-state index contributed by atoms with van der Waals surface area (Å²) in [7, 11) is 1.34. The van der Waals surface area contributed by atoms with Gasteiger partial charge in [-0.25, -0.2) is 4.39 Å². The average Bonchev–Trinajstić information content (AvgIpc) is 2.36. The van der Waals surface area contributed by atoms with E-state index in [0.717, 1.165) is 0 Å². The van der Waals surface area contributed by atoms with Crippen molar-refractivity contribution in [3.05, 3.63) is 24.0 Å². The quantitative estimate of drug-likeness (QED) is 0.849. The number of carbonyl (C=O) groups is 2. The van der Waals surface area contributed by atoms with Crippen LogP contribution < -0.4 is 10.1 Å². The van der Waals surface area contributed by atoms with E-state index in [0.29, 0.717) is 5.69 Å². The van der Waals surface area contributed by atoms with Crippen molar-refractivity contribution in [2.45, 2.75) is 39.2 Å². The maximum absolute atomic E-state index is 13.2. The predicted octanol–water partition coefficient (Wildman–Crippen LogP) is 2.89. The lowest BCUT2D eigenvalue weighted by Crippen LogP contribution is -2.24. The number of halogens is 1. The summed E-state index contributed by atoms with van der Waals surface area (Å²) in [5, 5.41) is 2.57. The third-order valence-electron chi connectivity index (χ3n) is 2.41. The molecule has 1 rings (SSSR count). The smallest absolute Gasteiger partial charge is 0.306 e. The minimum absolute atomic E-state index is 0.00535. The fourth-order valence-corrected chi connectivity index (χ4v) is 1.57. The van der Waals surface area contributed by atoms with E-state index in [1.54, 1.807) is 20.8 Å². The third kappa shape index (κ3) is 6.25. The second-order valence-electron chi connectivity index (χ2n) is 5.48. The Kier molecular flexibility index (Phi) is 5.69. The van der Waals surface area contributed by atoms with Crippen LogP contribution in [0.5, 0.6) is 5.75 Å². The maximum atomic E-state index is 13.2. The summed E-state index contributed by atoms with van der Waals surface area (Å²) in [6.45, 7) is 5.28. The zero-order valence-electron chi connectivity index (χ0n) is 12.7. The minimum atomic E-state index is -0.572. The molecule has 0 aromatic heterocycles. The van der Waals surface area contributed by atoms with Crippen LogP contribution in [-0.4, -0.2) is 24.6 Å². The van der Waals surface area contributed by atoms with Gasteiger partial charge < -0.3 is 14.8 Å². The Labute approximate surface area is 123 Å². The van der Waals surface area contributed by atoms with Crippen LogP contribution in [0.2, 0.25) is 0 Å². The van der Waals surface area contributed by atoms with E-state index < -0.39 is 17.4 Å². The molecule has 0 fully saturated rings. The zero-order chi connectivity index (χ0) is 16.0. The number of carbonyl (C=O) groups excluding carboxylic acids is 2. The molecule has 6 heteroatoms. The van der Waals surface area contributed by atoms with Gasteiger partial charge in [-0.1, -0.05) is 0 Å². The van der Waals surface area contributed by atoms with Crippen molar-refractivity contribution >= 4 is 17.6 Å². The van der Waals surface area contributed by atoms with Crippen molar-refractivity contribution in [3.63, 3.8) is 0 Å². The SMILES string of the molecule is COc1cc(NC(=O)CCC(=O)OC(C)(C)C)ccc1F. The number of amides is 1. The van der Waals surface area contributed by atoms with Crippen molar-refractivity contribution in [2.24, 2.45) is 0 Å². The van der Waals surface area contributed by atoms with Gasteiger partial charge in [0.2, 0.25) is 5.91 Å². The highest BCUT2D eigenvalue weighted by Gasteiger charge is 2.17. The largest absolute Gasteiger partial charge is 0.494 e. The summed E-state index contributed by atoms with van der Waals surface area (Å²) in [5.41, 5.74) is -0.167. The van der Waals surface area contributed by atoms with Gasteiger partial charge in [-0.15, -0.1) is 0 Å². The monoisotopic (exact) mass is 297 g/mol. The van der Waals surface area contributed by atoms with Gasteiger partial charge in [0, 0.05) is 18.2 Å².